The molecule has 2 aliphatic rings. The van der Waals surface area contributed by atoms with Crippen molar-refractivity contribution in [2.45, 2.75) is 31.6 Å². The lowest BCUT2D eigenvalue weighted by Crippen LogP contribution is -2.28. The highest BCUT2D eigenvalue weighted by Crippen LogP contribution is 2.46. The van der Waals surface area contributed by atoms with Gasteiger partial charge in [-0.1, -0.05) is 30.3 Å². The van der Waals surface area contributed by atoms with E-state index in [1.807, 2.05) is 12.1 Å². The van der Waals surface area contributed by atoms with Gasteiger partial charge in [-0.3, -0.25) is 4.98 Å². The molecular weight excluding hydrogens is 303 g/mol. The second-order valence-electron chi connectivity index (χ2n) is 6.46. The molecule has 0 fully saturated rings. The number of fused-ring (bicyclic) bond motifs is 2. The van der Waals surface area contributed by atoms with Gasteiger partial charge in [0.05, 0.1) is 17.3 Å². The quantitative estimate of drug-likeness (QED) is 0.693. The number of nitrogens with one attached hydrogen (secondary N) is 1. The third kappa shape index (κ3) is 2.10. The zero-order chi connectivity index (χ0) is 16.1. The molecule has 3 aromatic rings. The highest BCUT2D eigenvalue weighted by Gasteiger charge is 2.34. The summed E-state index contributed by atoms with van der Waals surface area (Å²) in [5.74, 6) is -0.232. The predicted octanol–water partition coefficient (Wildman–Crippen LogP) is 4.89. The number of aromatic nitrogens is 1. The summed E-state index contributed by atoms with van der Waals surface area (Å²) in [5.41, 5.74) is 5.43. The first kappa shape index (κ1) is 13.9. The number of ether oxygens (including phenoxy) is 1. The molecule has 0 radical (unpaired) electrons. The molecule has 4 heteroatoms. The number of nitrogens with zero attached hydrogens (tertiary/aromatic N) is 1. The van der Waals surface area contributed by atoms with E-state index in [-0.39, 0.29) is 18.1 Å². The first-order valence-corrected chi connectivity index (χ1v) is 8.38. The fraction of sp³-hybridized carbons (Fsp3) is 0.250. The van der Waals surface area contributed by atoms with Crippen LogP contribution in [-0.2, 0) is 11.2 Å². The van der Waals surface area contributed by atoms with Crippen molar-refractivity contribution in [2.24, 2.45) is 0 Å². The van der Waals surface area contributed by atoms with Crippen LogP contribution in [0.2, 0.25) is 0 Å². The van der Waals surface area contributed by atoms with E-state index in [0.717, 1.165) is 47.1 Å². The van der Waals surface area contributed by atoms with Crippen LogP contribution >= 0.6 is 0 Å². The van der Waals surface area contributed by atoms with E-state index in [1.165, 1.54) is 17.7 Å². The summed E-state index contributed by atoms with van der Waals surface area (Å²) in [5, 5.41) is 4.65. The van der Waals surface area contributed by atoms with Crippen molar-refractivity contribution in [1.82, 2.24) is 4.98 Å². The van der Waals surface area contributed by atoms with Crippen LogP contribution in [0, 0.1) is 5.82 Å². The second kappa shape index (κ2) is 5.28. The van der Waals surface area contributed by atoms with Crippen LogP contribution in [0.3, 0.4) is 0 Å². The maximum absolute atomic E-state index is 13.2. The fourth-order valence-corrected chi connectivity index (χ4v) is 3.83. The maximum atomic E-state index is 13.2. The molecule has 1 aliphatic heterocycles. The Balaban J connectivity index is 1.68. The Labute approximate surface area is 139 Å². The monoisotopic (exact) mass is 320 g/mol. The second-order valence-corrected chi connectivity index (χ2v) is 6.46. The number of benzene rings is 2. The standard InChI is InChI=1S/C20H17FN2O/c21-13-10-8-12(9-11-13)20-23-19-14-4-1-2-5-15(14)22-16-6-3-7-17(24-20)18(16)19/h1-2,4-5,8-11,17,20,23H,3,6-7H2. The van der Waals surface area contributed by atoms with Gasteiger partial charge in [0.1, 0.15) is 5.82 Å². The molecule has 5 rings (SSSR count). The van der Waals surface area contributed by atoms with Crippen LogP contribution in [0.25, 0.3) is 10.9 Å². The van der Waals surface area contributed by atoms with Crippen molar-refractivity contribution < 1.29 is 9.13 Å². The molecule has 1 aromatic heterocycles. The third-order valence-corrected chi connectivity index (χ3v) is 4.96. The Morgan fingerprint density at radius 1 is 1.08 bits per heavy atom. The summed E-state index contributed by atoms with van der Waals surface area (Å²) in [4.78, 5) is 4.85. The summed E-state index contributed by atoms with van der Waals surface area (Å²) in [6.07, 6.45) is 2.87. The van der Waals surface area contributed by atoms with Crippen LogP contribution in [0.4, 0.5) is 10.1 Å². The summed E-state index contributed by atoms with van der Waals surface area (Å²) in [7, 11) is 0. The summed E-state index contributed by atoms with van der Waals surface area (Å²) in [6.45, 7) is 0. The lowest BCUT2D eigenvalue weighted by Gasteiger charge is -2.38. The van der Waals surface area contributed by atoms with Crippen molar-refractivity contribution >= 4 is 16.6 Å². The number of hydrogen-bond acceptors (Lipinski definition) is 3. The highest BCUT2D eigenvalue weighted by atomic mass is 19.1. The number of aryl methyl sites for hydroxylation is 1. The van der Waals surface area contributed by atoms with Gasteiger partial charge in [-0.25, -0.2) is 4.39 Å². The van der Waals surface area contributed by atoms with Crippen molar-refractivity contribution in [3.63, 3.8) is 0 Å². The Bertz CT molecular complexity index is 923. The van der Waals surface area contributed by atoms with Gasteiger partial charge in [-0.15, -0.1) is 0 Å². The molecule has 2 atom stereocenters. The predicted molar refractivity (Wildman–Crippen MR) is 91.3 cm³/mol. The Hall–Kier alpha value is -2.46. The minimum Gasteiger partial charge on any atom is -0.355 e. The maximum Gasteiger partial charge on any atom is 0.154 e. The van der Waals surface area contributed by atoms with E-state index >= 15 is 0 Å². The van der Waals surface area contributed by atoms with Crippen molar-refractivity contribution in [3.05, 3.63) is 71.2 Å². The molecule has 1 N–H and O–H groups in total. The first-order chi connectivity index (χ1) is 11.8. The van der Waals surface area contributed by atoms with Crippen molar-refractivity contribution in [3.8, 4) is 0 Å². The average Bonchev–Trinajstić information content (AvgIpc) is 2.62. The minimum atomic E-state index is -0.264. The molecule has 120 valence electrons. The molecule has 0 spiro atoms. The van der Waals surface area contributed by atoms with E-state index in [0.29, 0.717) is 0 Å². The number of hydrogen-bond donors (Lipinski definition) is 1. The van der Waals surface area contributed by atoms with E-state index in [1.54, 1.807) is 12.1 Å². The van der Waals surface area contributed by atoms with Gasteiger partial charge in [0, 0.05) is 22.2 Å². The zero-order valence-corrected chi connectivity index (χ0v) is 13.1. The molecule has 0 saturated carbocycles. The van der Waals surface area contributed by atoms with Gasteiger partial charge >= 0.3 is 0 Å². The van der Waals surface area contributed by atoms with Gasteiger partial charge in [-0.05, 0) is 37.5 Å². The third-order valence-electron chi connectivity index (χ3n) is 4.96. The molecule has 2 heterocycles. The summed E-state index contributed by atoms with van der Waals surface area (Å²) >= 11 is 0. The smallest absolute Gasteiger partial charge is 0.154 e. The molecule has 0 bridgehead atoms. The van der Waals surface area contributed by atoms with Crippen LogP contribution in [0.5, 0.6) is 0 Å². The Morgan fingerprint density at radius 2 is 1.92 bits per heavy atom. The first-order valence-electron chi connectivity index (χ1n) is 8.38. The SMILES string of the molecule is Fc1ccc(C2Nc3c4c(nc5ccccc35)CCCC4O2)cc1. The normalized spacial score (nSPS) is 22.0. The average molecular weight is 320 g/mol. The van der Waals surface area contributed by atoms with Crippen LogP contribution in [-0.4, -0.2) is 4.98 Å². The van der Waals surface area contributed by atoms with E-state index in [9.17, 15) is 4.39 Å². The minimum absolute atomic E-state index is 0.0529. The van der Waals surface area contributed by atoms with E-state index in [4.69, 9.17) is 9.72 Å². The zero-order valence-electron chi connectivity index (χ0n) is 13.1. The lowest BCUT2D eigenvalue weighted by atomic mass is 9.88. The number of pyridine rings is 1. The number of anilines is 1. The molecule has 3 nitrogen and oxygen atoms in total. The van der Waals surface area contributed by atoms with Gasteiger partial charge in [0.2, 0.25) is 0 Å². The van der Waals surface area contributed by atoms with Gasteiger partial charge in [0.25, 0.3) is 0 Å². The molecule has 2 aromatic carbocycles. The number of rotatable bonds is 1. The Kier molecular flexibility index (Phi) is 3.06. The number of para-hydroxylation sites is 1. The molecule has 0 amide bonds. The summed E-state index contributed by atoms with van der Waals surface area (Å²) < 4.78 is 19.5. The van der Waals surface area contributed by atoms with Crippen molar-refractivity contribution in [2.75, 3.05) is 5.32 Å². The lowest BCUT2D eigenvalue weighted by molar-refractivity contribution is -0.0172. The van der Waals surface area contributed by atoms with Crippen LogP contribution in [0.15, 0.2) is 48.5 Å². The molecule has 1 aliphatic carbocycles. The van der Waals surface area contributed by atoms with E-state index < -0.39 is 0 Å². The van der Waals surface area contributed by atoms with Gasteiger partial charge in [0.15, 0.2) is 6.23 Å². The van der Waals surface area contributed by atoms with E-state index in [2.05, 4.69) is 17.4 Å². The number of halogens is 1. The van der Waals surface area contributed by atoms with Crippen LogP contribution < -0.4 is 5.32 Å². The highest BCUT2D eigenvalue weighted by molar-refractivity contribution is 5.94. The largest absolute Gasteiger partial charge is 0.355 e. The molecule has 24 heavy (non-hydrogen) atoms. The van der Waals surface area contributed by atoms with Gasteiger partial charge in [-0.2, -0.15) is 0 Å². The van der Waals surface area contributed by atoms with Crippen LogP contribution in [0.1, 0.15) is 42.0 Å². The Morgan fingerprint density at radius 3 is 2.79 bits per heavy atom. The van der Waals surface area contributed by atoms with Crippen molar-refractivity contribution in [1.29, 1.82) is 0 Å². The molecular formula is C20H17FN2O. The fourth-order valence-electron chi connectivity index (χ4n) is 3.83. The van der Waals surface area contributed by atoms with Gasteiger partial charge < -0.3 is 10.1 Å². The molecule has 0 saturated heterocycles. The molecule has 2 unspecified atom stereocenters. The topological polar surface area (TPSA) is 34.2 Å². The summed E-state index contributed by atoms with van der Waals surface area (Å²) in [6, 6.07) is 14.7.